The highest BCUT2D eigenvalue weighted by atomic mass is 32.7. The molecule has 7 heterocycles. The predicted octanol–water partition coefficient (Wildman–Crippen LogP) is 0.173. The third-order valence-corrected chi connectivity index (χ3v) is 11.6. The van der Waals surface area contributed by atoms with Gasteiger partial charge in [0.25, 0.3) is 5.56 Å². The Kier molecular flexibility index (Phi) is 7.87. The first kappa shape index (κ1) is 31.2. The van der Waals surface area contributed by atoms with Gasteiger partial charge < -0.3 is 25.6 Å². The first-order chi connectivity index (χ1) is 21.3. The normalized spacial score (nSPS) is 37.7. The fraction of sp³-hybridized carbons (Fsp3) is 0.556. The van der Waals surface area contributed by atoms with Crippen molar-refractivity contribution in [3.05, 3.63) is 16.7 Å². The number of nitrogens with zero attached hydrogens (tertiary/aromatic N) is 9. The minimum Gasteiger partial charge on any atom is -0.382 e. The number of hydrogen-bond acceptors (Lipinski definition) is 18. The average molecular weight is 729 g/mol. The number of thiol groups is 1. The molecule has 2 unspecified atom stereocenters. The highest BCUT2D eigenvalue weighted by molar-refractivity contribution is 8.44. The van der Waals surface area contributed by atoms with Gasteiger partial charge in [-0.2, -0.15) is 9.67 Å². The number of nitrogens with one attached hydrogen (secondary N) is 1. The second kappa shape index (κ2) is 11.4. The number of rotatable bonds is 2. The largest absolute Gasteiger partial charge is 0.386 e. The van der Waals surface area contributed by atoms with Crippen LogP contribution in [0.25, 0.3) is 22.3 Å². The Morgan fingerprint density at radius 1 is 1.07 bits per heavy atom. The Morgan fingerprint density at radius 3 is 2.62 bits per heavy atom. The summed E-state index contributed by atoms with van der Waals surface area (Å²) in [6.45, 7) is -10.0. The van der Waals surface area contributed by atoms with Crippen molar-refractivity contribution in [3.8, 4) is 0 Å². The van der Waals surface area contributed by atoms with Crippen LogP contribution in [0, 0.1) is 0 Å². The maximum Gasteiger partial charge on any atom is 0.386 e. The molecule has 0 amide bonds. The highest BCUT2D eigenvalue weighted by Crippen LogP contribution is 2.60. The van der Waals surface area contributed by atoms with Gasteiger partial charge in [-0.15, -0.1) is 22.0 Å². The fourth-order valence-electron chi connectivity index (χ4n) is 4.98. The number of hydrogen-bond donors (Lipinski definition) is 5. The van der Waals surface area contributed by atoms with Crippen molar-refractivity contribution in [2.24, 2.45) is 0 Å². The SMILES string of the molecule is Nc1nc2c(nnn2[C@@H]2S[C@@H]3COP(=O)(S)O[C@H]4[C@H](F)[C@H](n5nnc6c(N)ncnc65)O[C@@H]4COP(O)(=S)O[C@@H]2[C@@H]3F)c(=O)[nH]1. The minimum atomic E-state index is -4.42. The van der Waals surface area contributed by atoms with Gasteiger partial charge in [0.2, 0.25) is 5.95 Å². The van der Waals surface area contributed by atoms with Crippen molar-refractivity contribution in [3.63, 3.8) is 0 Å². The van der Waals surface area contributed by atoms with Crippen molar-refractivity contribution >= 4 is 83.4 Å². The van der Waals surface area contributed by atoms with Crippen LogP contribution in [0.4, 0.5) is 20.5 Å². The van der Waals surface area contributed by atoms with Crippen LogP contribution in [0.1, 0.15) is 11.6 Å². The summed E-state index contributed by atoms with van der Waals surface area (Å²) in [5, 5.41) is 13.1. The molecule has 0 aromatic carbocycles. The second-order valence-electron chi connectivity index (χ2n) is 9.81. The number of halogens is 2. The van der Waals surface area contributed by atoms with Gasteiger partial charge >= 0.3 is 13.5 Å². The van der Waals surface area contributed by atoms with E-state index in [9.17, 15) is 14.3 Å². The zero-order chi connectivity index (χ0) is 31.8. The third kappa shape index (κ3) is 5.62. The van der Waals surface area contributed by atoms with Gasteiger partial charge in [0.05, 0.1) is 18.5 Å². The molecule has 6 N–H and O–H groups in total. The molecule has 3 saturated heterocycles. The van der Waals surface area contributed by atoms with Crippen LogP contribution in [0.5, 0.6) is 0 Å². The van der Waals surface area contributed by atoms with E-state index in [-0.39, 0.29) is 34.1 Å². The lowest BCUT2D eigenvalue weighted by molar-refractivity contribution is -0.0490. The molecule has 0 saturated carbocycles. The highest BCUT2D eigenvalue weighted by Gasteiger charge is 2.54. The van der Waals surface area contributed by atoms with E-state index in [1.165, 1.54) is 0 Å². The quantitative estimate of drug-likeness (QED) is 0.136. The van der Waals surface area contributed by atoms with Crippen LogP contribution < -0.4 is 17.0 Å². The summed E-state index contributed by atoms with van der Waals surface area (Å²) >= 11 is 10.0. The molecule has 3 aliphatic rings. The summed E-state index contributed by atoms with van der Waals surface area (Å²) in [7, 11) is 0. The van der Waals surface area contributed by atoms with Gasteiger partial charge in [-0.1, -0.05) is 22.7 Å². The molecular weight excluding hydrogens is 708 g/mol. The van der Waals surface area contributed by atoms with Gasteiger partial charge in [0, 0.05) is 0 Å². The molecule has 20 nitrogen and oxygen atoms in total. The smallest absolute Gasteiger partial charge is 0.382 e. The Morgan fingerprint density at radius 2 is 1.82 bits per heavy atom. The van der Waals surface area contributed by atoms with E-state index in [0.717, 1.165) is 27.5 Å². The molecule has 7 rings (SSSR count). The van der Waals surface area contributed by atoms with E-state index in [1.54, 1.807) is 0 Å². The fourth-order valence-corrected chi connectivity index (χ4v) is 9.50. The summed E-state index contributed by atoms with van der Waals surface area (Å²) in [6, 6.07) is 0. The zero-order valence-corrected chi connectivity index (χ0v) is 26.3. The van der Waals surface area contributed by atoms with E-state index >= 15 is 8.78 Å². The Hall–Kier alpha value is -2.44. The number of anilines is 2. The lowest BCUT2D eigenvalue weighted by atomic mass is 10.1. The molecule has 4 aromatic rings. The van der Waals surface area contributed by atoms with Crippen LogP contribution in [0.2, 0.25) is 0 Å². The summed E-state index contributed by atoms with van der Waals surface area (Å²) < 4.78 is 75.0. The molecule has 3 fully saturated rings. The lowest BCUT2D eigenvalue weighted by Crippen LogP contribution is -2.34. The van der Waals surface area contributed by atoms with Crippen LogP contribution in [-0.4, -0.2) is 104 Å². The summed E-state index contributed by atoms with van der Waals surface area (Å²) in [5.74, 6) is -0.278. The maximum absolute atomic E-state index is 16.0. The van der Waals surface area contributed by atoms with Crippen molar-refractivity contribution in [1.29, 1.82) is 0 Å². The molecular formula is C18H20F2N12O8P2S3. The molecule has 2 bridgehead atoms. The molecule has 4 aromatic heterocycles. The monoisotopic (exact) mass is 728 g/mol. The molecule has 3 aliphatic heterocycles. The number of alkyl halides is 2. The molecule has 45 heavy (non-hydrogen) atoms. The number of nitrogens with two attached hydrogens (primary N) is 2. The Bertz CT molecular complexity index is 1950. The maximum atomic E-state index is 16.0. The van der Waals surface area contributed by atoms with Crippen molar-refractivity contribution in [2.45, 2.75) is 47.5 Å². The minimum absolute atomic E-state index is 0.0184. The molecule has 0 spiro atoms. The Balaban J connectivity index is 1.21. The molecule has 242 valence electrons. The number of H-pyrrole nitrogens is 1. The van der Waals surface area contributed by atoms with Gasteiger partial charge in [-0.05, 0) is 11.8 Å². The van der Waals surface area contributed by atoms with E-state index in [1.807, 2.05) is 0 Å². The first-order valence-electron chi connectivity index (χ1n) is 12.6. The van der Waals surface area contributed by atoms with Gasteiger partial charge in [0.15, 0.2) is 40.5 Å². The van der Waals surface area contributed by atoms with E-state index in [4.69, 9.17) is 46.1 Å². The molecule has 10 atom stereocenters. The van der Waals surface area contributed by atoms with E-state index in [2.05, 4.69) is 52.8 Å². The molecule has 0 aliphatic carbocycles. The van der Waals surface area contributed by atoms with E-state index < -0.39 is 79.8 Å². The second-order valence-corrected chi connectivity index (χ2v) is 16.8. The van der Waals surface area contributed by atoms with Crippen molar-refractivity contribution in [2.75, 3.05) is 24.7 Å². The molecule has 0 radical (unpaired) electrons. The average Bonchev–Trinajstić information content (AvgIpc) is 3.72. The number of thioether (sulfide) groups is 1. The number of aromatic amines is 1. The van der Waals surface area contributed by atoms with E-state index in [0.29, 0.717) is 0 Å². The standard InChI is InChI=1S/C18H20F2N12O8P2S3/c19-6-5-2-37-42(35,44)39-10-4(38-16(7(10)20)31-13-8(27-29-31)12(21)23-3-24-13)1-36-41(34,43)40-11(6)17(45-5)32-14-9(28-30-32)15(33)26-18(22)25-14/h3-7,10-11,16-17H,1-2H2,(H,34,43)(H,35,44)(H2,21,23,24)(H3,22,25,26,33)/t4-,5-,6-,7+,10-,11-,16-,17-,41?,42?/m1/s1. The first-order valence-corrected chi connectivity index (χ1v) is 18.9. The zero-order valence-electron chi connectivity index (χ0n) is 22.0. The van der Waals surface area contributed by atoms with Crippen LogP contribution in [0.3, 0.4) is 0 Å². The lowest BCUT2D eigenvalue weighted by Gasteiger charge is -2.27. The number of fused-ring (bicyclic) bond motifs is 5. The number of aromatic nitrogens is 10. The number of ether oxygens (including phenoxy) is 1. The number of nitrogen functional groups attached to an aromatic ring is 2. The third-order valence-electron chi connectivity index (χ3n) is 6.97. The molecule has 27 heteroatoms. The topological polar surface area (TPSA) is 268 Å². The van der Waals surface area contributed by atoms with Gasteiger partial charge in [0.1, 0.15) is 36.2 Å². The Labute approximate surface area is 262 Å². The van der Waals surface area contributed by atoms with Crippen LogP contribution in [-0.2, 0) is 39.2 Å². The van der Waals surface area contributed by atoms with Crippen LogP contribution in [0.15, 0.2) is 11.1 Å². The van der Waals surface area contributed by atoms with Gasteiger partial charge in [-0.25, -0.2) is 28.0 Å². The van der Waals surface area contributed by atoms with Crippen molar-refractivity contribution < 1.29 is 41.1 Å². The van der Waals surface area contributed by atoms with Gasteiger partial charge in [-0.3, -0.25) is 23.3 Å². The predicted molar refractivity (Wildman–Crippen MR) is 157 cm³/mol. The summed E-state index contributed by atoms with van der Waals surface area (Å²) in [6.07, 6.45) is -9.16. The van der Waals surface area contributed by atoms with Crippen LogP contribution >= 0.6 is 37.5 Å². The summed E-state index contributed by atoms with van der Waals surface area (Å²) in [4.78, 5) is 37.4. The summed E-state index contributed by atoms with van der Waals surface area (Å²) in [5.41, 5.74) is 10.6. The van der Waals surface area contributed by atoms with Crippen molar-refractivity contribution in [1.82, 2.24) is 49.9 Å².